The number of anilines is 1. The Kier molecular flexibility index (Phi) is 7.88. The first-order valence-electron chi connectivity index (χ1n) is 10.4. The second-order valence-electron chi connectivity index (χ2n) is 7.75. The van der Waals surface area contributed by atoms with Crippen LogP contribution >= 0.6 is 0 Å². The van der Waals surface area contributed by atoms with E-state index < -0.39 is 16.7 Å². The topological polar surface area (TPSA) is 88.0 Å². The molecule has 1 amide bonds. The number of hydrogen-bond acceptors (Lipinski definition) is 6. The molecule has 178 valence electrons. The smallest absolute Gasteiger partial charge is 0.416 e. The lowest BCUT2D eigenvalue weighted by atomic mass is 10.1. The molecule has 0 aromatic heterocycles. The van der Waals surface area contributed by atoms with Gasteiger partial charge in [0.25, 0.3) is 5.69 Å². The van der Waals surface area contributed by atoms with E-state index in [9.17, 15) is 28.1 Å². The van der Waals surface area contributed by atoms with E-state index in [-0.39, 0.29) is 23.7 Å². The fourth-order valence-corrected chi connectivity index (χ4v) is 3.60. The van der Waals surface area contributed by atoms with Crippen LogP contribution in [-0.4, -0.2) is 60.5 Å². The summed E-state index contributed by atoms with van der Waals surface area (Å²) >= 11 is 0. The largest absolute Gasteiger partial charge is 0.496 e. The van der Waals surface area contributed by atoms with Crippen molar-refractivity contribution < 1.29 is 27.6 Å². The Morgan fingerprint density at radius 1 is 1.09 bits per heavy atom. The van der Waals surface area contributed by atoms with Gasteiger partial charge in [-0.05, 0) is 29.8 Å². The number of methoxy groups -OCH3 is 1. The first-order valence-corrected chi connectivity index (χ1v) is 10.4. The zero-order valence-electron chi connectivity index (χ0n) is 18.1. The van der Waals surface area contributed by atoms with Crippen molar-refractivity contribution in [3.8, 4) is 5.75 Å². The van der Waals surface area contributed by atoms with Gasteiger partial charge in [-0.15, -0.1) is 0 Å². The number of nitrogens with zero attached hydrogens (tertiary/aromatic N) is 3. The molecule has 1 aliphatic rings. The maximum Gasteiger partial charge on any atom is 0.416 e. The Morgan fingerprint density at radius 3 is 2.30 bits per heavy atom. The number of carbonyl (C=O) groups excluding carboxylic acids is 1. The zero-order chi connectivity index (χ0) is 24.0. The summed E-state index contributed by atoms with van der Waals surface area (Å²) < 4.78 is 43.0. The minimum Gasteiger partial charge on any atom is -0.496 e. The molecule has 11 heteroatoms. The Labute approximate surface area is 189 Å². The second kappa shape index (κ2) is 10.6. The van der Waals surface area contributed by atoms with Crippen molar-refractivity contribution >= 4 is 17.3 Å². The van der Waals surface area contributed by atoms with E-state index in [2.05, 4.69) is 15.1 Å². The Hall–Kier alpha value is -3.18. The highest BCUT2D eigenvalue weighted by molar-refractivity contribution is 5.93. The quantitative estimate of drug-likeness (QED) is 0.471. The number of nitro groups is 1. The number of amides is 1. The van der Waals surface area contributed by atoms with Gasteiger partial charge in [0.1, 0.15) is 11.4 Å². The number of benzene rings is 2. The van der Waals surface area contributed by atoms with Gasteiger partial charge in [0.2, 0.25) is 5.91 Å². The summed E-state index contributed by atoms with van der Waals surface area (Å²) in [5.74, 6) is 0.00400. The fraction of sp³-hybridized carbons (Fsp3) is 0.409. The van der Waals surface area contributed by atoms with Gasteiger partial charge in [-0.25, -0.2) is 0 Å². The molecule has 1 N–H and O–H groups in total. The maximum atomic E-state index is 12.7. The van der Waals surface area contributed by atoms with E-state index in [0.717, 1.165) is 43.9 Å². The van der Waals surface area contributed by atoms with Crippen molar-refractivity contribution in [1.82, 2.24) is 9.80 Å². The maximum absolute atomic E-state index is 12.7. The van der Waals surface area contributed by atoms with E-state index >= 15 is 0 Å². The van der Waals surface area contributed by atoms with E-state index in [1.54, 1.807) is 6.07 Å². The molecule has 2 aromatic carbocycles. The number of nitro benzene ring substituents is 1. The summed E-state index contributed by atoms with van der Waals surface area (Å²) in [7, 11) is 1.40. The number of rotatable bonds is 8. The summed E-state index contributed by atoms with van der Waals surface area (Å²) in [6.45, 7) is 3.96. The highest BCUT2D eigenvalue weighted by atomic mass is 19.4. The van der Waals surface area contributed by atoms with Crippen LogP contribution in [0, 0.1) is 10.1 Å². The Morgan fingerprint density at radius 2 is 1.73 bits per heavy atom. The van der Waals surface area contributed by atoms with Crippen LogP contribution in [0.4, 0.5) is 24.5 Å². The van der Waals surface area contributed by atoms with Crippen molar-refractivity contribution in [2.45, 2.75) is 19.1 Å². The molecule has 1 heterocycles. The van der Waals surface area contributed by atoms with Crippen molar-refractivity contribution in [2.24, 2.45) is 0 Å². The van der Waals surface area contributed by atoms with Crippen LogP contribution in [0.5, 0.6) is 5.75 Å². The average Bonchev–Trinajstić information content (AvgIpc) is 2.78. The van der Waals surface area contributed by atoms with Crippen molar-refractivity contribution in [3.63, 3.8) is 0 Å². The molecule has 1 aliphatic heterocycles. The van der Waals surface area contributed by atoms with E-state index in [1.807, 2.05) is 0 Å². The molecule has 8 nitrogen and oxygen atoms in total. The molecule has 0 atom stereocenters. The number of ether oxygens (including phenoxy) is 1. The molecule has 1 saturated heterocycles. The molecular formula is C22H25F3N4O4. The van der Waals surface area contributed by atoms with Crippen LogP contribution < -0.4 is 10.1 Å². The van der Waals surface area contributed by atoms with Crippen LogP contribution in [-0.2, 0) is 17.5 Å². The molecular weight excluding hydrogens is 441 g/mol. The third-order valence-corrected chi connectivity index (χ3v) is 5.48. The molecule has 0 aliphatic carbocycles. The predicted octanol–water partition coefficient (Wildman–Crippen LogP) is 3.77. The molecule has 33 heavy (non-hydrogen) atoms. The summed E-state index contributed by atoms with van der Waals surface area (Å²) in [5, 5.41) is 13.8. The second-order valence-corrected chi connectivity index (χ2v) is 7.75. The molecule has 0 saturated carbocycles. The molecule has 0 unspecified atom stereocenters. The van der Waals surface area contributed by atoms with Crippen LogP contribution in [0.2, 0.25) is 0 Å². The standard InChI is InChI=1S/C22H25F3N4O4/c1-33-18-6-7-19(20(14-18)29(31)32)26-21(30)8-9-27-10-12-28(13-11-27)15-16-2-4-17(5-3-16)22(23,24)25/h2-7,14H,8-13,15H2,1H3,(H,26,30). The lowest BCUT2D eigenvalue weighted by Crippen LogP contribution is -2.46. The van der Waals surface area contributed by atoms with Crippen LogP contribution in [0.25, 0.3) is 0 Å². The van der Waals surface area contributed by atoms with Gasteiger partial charge in [0, 0.05) is 45.7 Å². The molecule has 0 bridgehead atoms. The van der Waals surface area contributed by atoms with Gasteiger partial charge in [0.05, 0.1) is 23.7 Å². The van der Waals surface area contributed by atoms with Crippen molar-refractivity contribution in [3.05, 3.63) is 63.7 Å². The number of piperazine rings is 1. The molecule has 0 spiro atoms. The monoisotopic (exact) mass is 466 g/mol. The zero-order valence-corrected chi connectivity index (χ0v) is 18.1. The predicted molar refractivity (Wildman–Crippen MR) is 116 cm³/mol. The molecule has 3 rings (SSSR count). The van der Waals surface area contributed by atoms with Crippen LogP contribution in [0.3, 0.4) is 0 Å². The third-order valence-electron chi connectivity index (χ3n) is 5.48. The van der Waals surface area contributed by atoms with Gasteiger partial charge >= 0.3 is 6.18 Å². The van der Waals surface area contributed by atoms with Gasteiger partial charge in [-0.3, -0.25) is 19.8 Å². The third kappa shape index (κ3) is 6.90. The Bertz CT molecular complexity index is 975. The van der Waals surface area contributed by atoms with Crippen LogP contribution in [0.1, 0.15) is 17.5 Å². The SMILES string of the molecule is COc1ccc(NC(=O)CCN2CCN(Cc3ccc(C(F)(F)F)cc3)CC2)c([N+](=O)[O-])c1. The van der Waals surface area contributed by atoms with E-state index in [4.69, 9.17) is 4.74 Å². The number of alkyl halides is 3. The summed E-state index contributed by atoms with van der Waals surface area (Å²) in [6, 6.07) is 9.42. The van der Waals surface area contributed by atoms with Gasteiger partial charge in [0.15, 0.2) is 0 Å². The normalized spacial score (nSPS) is 15.3. The lowest BCUT2D eigenvalue weighted by Gasteiger charge is -2.34. The minimum absolute atomic E-state index is 0.118. The number of halogens is 3. The van der Waals surface area contributed by atoms with E-state index in [1.165, 1.54) is 31.4 Å². The van der Waals surface area contributed by atoms with Gasteiger partial charge in [-0.1, -0.05) is 12.1 Å². The number of nitrogens with one attached hydrogen (secondary N) is 1. The van der Waals surface area contributed by atoms with Gasteiger partial charge in [-0.2, -0.15) is 13.2 Å². The fourth-order valence-electron chi connectivity index (χ4n) is 3.60. The van der Waals surface area contributed by atoms with E-state index in [0.29, 0.717) is 18.8 Å². The first kappa shape index (κ1) is 24.5. The Balaban J connectivity index is 1.43. The summed E-state index contributed by atoms with van der Waals surface area (Å²) in [4.78, 5) is 27.2. The molecule has 2 aromatic rings. The highest BCUT2D eigenvalue weighted by Crippen LogP contribution is 2.30. The molecule has 0 radical (unpaired) electrons. The summed E-state index contributed by atoms with van der Waals surface area (Å²) in [6.07, 6.45) is -4.16. The van der Waals surface area contributed by atoms with Crippen LogP contribution in [0.15, 0.2) is 42.5 Å². The van der Waals surface area contributed by atoms with Crippen molar-refractivity contribution in [2.75, 3.05) is 45.2 Å². The minimum atomic E-state index is -4.34. The molecule has 1 fully saturated rings. The summed E-state index contributed by atoms with van der Waals surface area (Å²) in [5.41, 5.74) is 0.0398. The van der Waals surface area contributed by atoms with Gasteiger partial charge < -0.3 is 15.0 Å². The first-order chi connectivity index (χ1) is 15.7. The lowest BCUT2D eigenvalue weighted by molar-refractivity contribution is -0.384. The number of hydrogen-bond donors (Lipinski definition) is 1. The number of carbonyl (C=O) groups is 1. The highest BCUT2D eigenvalue weighted by Gasteiger charge is 2.30. The average molecular weight is 466 g/mol. The van der Waals surface area contributed by atoms with Crippen molar-refractivity contribution in [1.29, 1.82) is 0 Å².